The lowest BCUT2D eigenvalue weighted by Gasteiger charge is -2.37. The summed E-state index contributed by atoms with van der Waals surface area (Å²) in [5.74, 6) is -2.06. The third-order valence-corrected chi connectivity index (χ3v) is 8.11. The predicted molar refractivity (Wildman–Crippen MR) is 136 cm³/mol. The number of Topliss-reactive ketones (excluding diaryl/α,β-unsaturated/α-hetero) is 1. The molecular formula is C30H26N2O5. The molecule has 0 N–H and O–H groups in total. The molecule has 3 aromatic rings. The Hall–Kier alpha value is -4.10. The number of allylic oxidation sites excluding steroid dienone is 2. The number of aromatic nitrogens is 1. The molecule has 0 bridgehead atoms. The second-order valence-electron chi connectivity index (χ2n) is 9.69. The minimum Gasteiger partial charge on any atom is -0.496 e. The highest BCUT2D eigenvalue weighted by Gasteiger charge is 2.73. The van der Waals surface area contributed by atoms with Crippen molar-refractivity contribution in [3.05, 3.63) is 102 Å². The lowest BCUT2D eigenvalue weighted by Crippen LogP contribution is -2.50. The van der Waals surface area contributed by atoms with E-state index in [0.717, 1.165) is 5.56 Å². The van der Waals surface area contributed by atoms with Crippen LogP contribution < -0.4 is 9.64 Å². The van der Waals surface area contributed by atoms with Crippen LogP contribution in [0.15, 0.2) is 85.1 Å². The highest BCUT2D eigenvalue weighted by molar-refractivity contribution is 6.15. The Morgan fingerprint density at radius 3 is 2.51 bits per heavy atom. The van der Waals surface area contributed by atoms with Crippen molar-refractivity contribution in [3.8, 4) is 5.75 Å². The molecule has 0 radical (unpaired) electrons. The van der Waals surface area contributed by atoms with Crippen molar-refractivity contribution < 1.29 is 23.9 Å². The fourth-order valence-electron chi connectivity index (χ4n) is 6.86. The highest BCUT2D eigenvalue weighted by atomic mass is 16.5. The lowest BCUT2D eigenvalue weighted by atomic mass is 9.62. The molecule has 7 nitrogen and oxygen atoms in total. The SMILES string of the molecule is COCN1C(=O)[C@@]2(c3cccnc31)[C@H](c1ccccc1OC)[C@H]1C(=O)C=C[C@H]1[C@@H]2C(=O)c1ccccc1. The first-order valence-corrected chi connectivity index (χ1v) is 12.3. The van der Waals surface area contributed by atoms with E-state index in [-0.39, 0.29) is 24.2 Å². The largest absolute Gasteiger partial charge is 0.496 e. The number of hydrogen-bond donors (Lipinski definition) is 0. The van der Waals surface area contributed by atoms with Crippen LogP contribution in [0.1, 0.15) is 27.4 Å². The Kier molecular flexibility index (Phi) is 5.53. The second-order valence-corrected chi connectivity index (χ2v) is 9.69. The number of carbonyl (C=O) groups excluding carboxylic acids is 3. The molecule has 2 aliphatic carbocycles. The second kappa shape index (κ2) is 8.78. The van der Waals surface area contributed by atoms with Crippen molar-refractivity contribution in [3.63, 3.8) is 0 Å². The van der Waals surface area contributed by atoms with Crippen LogP contribution in [0.2, 0.25) is 0 Å². The maximum Gasteiger partial charge on any atom is 0.242 e. The fourth-order valence-corrected chi connectivity index (χ4v) is 6.86. The number of pyridine rings is 1. The molecule has 186 valence electrons. The van der Waals surface area contributed by atoms with Crippen LogP contribution in [0.5, 0.6) is 5.75 Å². The third-order valence-electron chi connectivity index (χ3n) is 8.11. The van der Waals surface area contributed by atoms with Gasteiger partial charge in [0.15, 0.2) is 11.6 Å². The molecule has 7 heteroatoms. The van der Waals surface area contributed by atoms with E-state index in [1.54, 1.807) is 37.6 Å². The maximum absolute atomic E-state index is 14.7. The van der Waals surface area contributed by atoms with Gasteiger partial charge in [-0.1, -0.05) is 60.7 Å². The number of nitrogens with zero attached hydrogens (tertiary/aromatic N) is 2. The fraction of sp³-hybridized carbons (Fsp3) is 0.267. The maximum atomic E-state index is 14.7. The van der Waals surface area contributed by atoms with Crippen molar-refractivity contribution in [2.24, 2.45) is 17.8 Å². The zero-order valence-corrected chi connectivity index (χ0v) is 20.5. The normalized spacial score (nSPS) is 27.6. The van der Waals surface area contributed by atoms with Gasteiger partial charge in [0.25, 0.3) is 0 Å². The molecular weight excluding hydrogens is 468 g/mol. The van der Waals surface area contributed by atoms with Gasteiger partial charge in [-0.2, -0.15) is 0 Å². The van der Waals surface area contributed by atoms with E-state index in [4.69, 9.17) is 9.47 Å². The molecule has 2 aromatic carbocycles. The monoisotopic (exact) mass is 494 g/mol. The Morgan fingerprint density at radius 2 is 1.76 bits per heavy atom. The smallest absolute Gasteiger partial charge is 0.242 e. The minimum atomic E-state index is -1.38. The lowest BCUT2D eigenvalue weighted by molar-refractivity contribution is -0.126. The van der Waals surface area contributed by atoms with Gasteiger partial charge in [0.05, 0.1) is 12.5 Å². The Balaban J connectivity index is 1.70. The third kappa shape index (κ3) is 3.10. The summed E-state index contributed by atoms with van der Waals surface area (Å²) in [6, 6.07) is 20.1. The molecule has 37 heavy (non-hydrogen) atoms. The number of ether oxygens (including phenoxy) is 2. The molecule has 1 fully saturated rings. The van der Waals surface area contributed by atoms with Crippen LogP contribution in [0, 0.1) is 17.8 Å². The molecule has 2 heterocycles. The summed E-state index contributed by atoms with van der Waals surface area (Å²) in [4.78, 5) is 48.7. The number of amides is 1. The standard InChI is InChI=1S/C30H26N2O5/c1-36-17-32-28-21(12-8-16-31-28)30(29(32)35)25(19-11-6-7-13-23(19)37-2)24-20(14-15-22(24)33)26(30)27(34)18-9-4-3-5-10-18/h3-16,20,24-26H,17H2,1-2H3/t20-,24-,25-,26-,30+/m1/s1. The number of fused-ring (bicyclic) bond motifs is 3. The number of anilines is 1. The predicted octanol–water partition coefficient (Wildman–Crippen LogP) is 3.95. The molecule has 1 saturated carbocycles. The Morgan fingerprint density at radius 1 is 1.00 bits per heavy atom. The van der Waals surface area contributed by atoms with Gasteiger partial charge in [-0.05, 0) is 29.7 Å². The number of para-hydroxylation sites is 1. The molecule has 0 saturated heterocycles. The summed E-state index contributed by atoms with van der Waals surface area (Å²) >= 11 is 0. The number of ketones is 2. The summed E-state index contributed by atoms with van der Waals surface area (Å²) in [6.07, 6.45) is 5.01. The minimum absolute atomic E-state index is 0.0192. The average molecular weight is 495 g/mol. The van der Waals surface area contributed by atoms with Crippen molar-refractivity contribution >= 4 is 23.3 Å². The molecule has 1 amide bonds. The van der Waals surface area contributed by atoms with E-state index in [0.29, 0.717) is 22.7 Å². The quantitative estimate of drug-likeness (QED) is 0.483. The first-order chi connectivity index (χ1) is 18.1. The van der Waals surface area contributed by atoms with E-state index < -0.39 is 29.1 Å². The van der Waals surface area contributed by atoms with E-state index in [9.17, 15) is 14.4 Å². The van der Waals surface area contributed by atoms with Crippen LogP contribution in [0.3, 0.4) is 0 Å². The zero-order valence-electron chi connectivity index (χ0n) is 20.5. The van der Waals surface area contributed by atoms with Crippen LogP contribution in [0.25, 0.3) is 0 Å². The van der Waals surface area contributed by atoms with Crippen molar-refractivity contribution in [1.82, 2.24) is 4.98 Å². The van der Waals surface area contributed by atoms with Crippen molar-refractivity contribution in [2.45, 2.75) is 11.3 Å². The van der Waals surface area contributed by atoms with Gasteiger partial charge in [-0.3, -0.25) is 19.3 Å². The zero-order chi connectivity index (χ0) is 25.7. The Labute approximate surface area is 214 Å². The molecule has 6 rings (SSSR count). The molecule has 5 atom stereocenters. The topological polar surface area (TPSA) is 85.8 Å². The van der Waals surface area contributed by atoms with Gasteiger partial charge >= 0.3 is 0 Å². The van der Waals surface area contributed by atoms with E-state index >= 15 is 0 Å². The van der Waals surface area contributed by atoms with Crippen LogP contribution in [0.4, 0.5) is 5.82 Å². The molecule has 0 unspecified atom stereocenters. The number of benzene rings is 2. The number of hydrogen-bond acceptors (Lipinski definition) is 6. The first-order valence-electron chi connectivity index (χ1n) is 12.3. The van der Waals surface area contributed by atoms with Crippen LogP contribution in [-0.4, -0.2) is 43.4 Å². The van der Waals surface area contributed by atoms with Gasteiger partial charge in [-0.25, -0.2) is 4.98 Å². The van der Waals surface area contributed by atoms with E-state index in [1.807, 2.05) is 54.6 Å². The van der Waals surface area contributed by atoms with Crippen molar-refractivity contribution in [1.29, 1.82) is 0 Å². The van der Waals surface area contributed by atoms with Crippen LogP contribution in [-0.2, 0) is 19.7 Å². The van der Waals surface area contributed by atoms with E-state index in [1.165, 1.54) is 12.0 Å². The average Bonchev–Trinajstić information content (AvgIpc) is 3.54. The number of carbonyl (C=O) groups is 3. The van der Waals surface area contributed by atoms with Gasteiger partial charge in [0, 0.05) is 42.2 Å². The van der Waals surface area contributed by atoms with Gasteiger partial charge in [0.1, 0.15) is 18.3 Å². The van der Waals surface area contributed by atoms with Gasteiger partial charge < -0.3 is 9.47 Å². The summed E-state index contributed by atoms with van der Waals surface area (Å²) in [5, 5.41) is 0. The summed E-state index contributed by atoms with van der Waals surface area (Å²) < 4.78 is 11.2. The summed E-state index contributed by atoms with van der Waals surface area (Å²) in [7, 11) is 3.09. The van der Waals surface area contributed by atoms with E-state index in [2.05, 4.69) is 4.98 Å². The number of rotatable bonds is 6. The number of methoxy groups -OCH3 is 2. The molecule has 1 aliphatic heterocycles. The molecule has 1 aromatic heterocycles. The first kappa shape index (κ1) is 23.3. The van der Waals surface area contributed by atoms with Gasteiger partial charge in [-0.15, -0.1) is 0 Å². The molecule has 1 spiro atoms. The van der Waals surface area contributed by atoms with Gasteiger partial charge in [0.2, 0.25) is 5.91 Å². The van der Waals surface area contributed by atoms with Crippen LogP contribution >= 0.6 is 0 Å². The molecule has 3 aliphatic rings. The van der Waals surface area contributed by atoms with Crippen molar-refractivity contribution in [2.75, 3.05) is 25.9 Å². The Bertz CT molecular complexity index is 1430. The summed E-state index contributed by atoms with van der Waals surface area (Å²) in [5.41, 5.74) is 0.488. The summed E-state index contributed by atoms with van der Waals surface area (Å²) in [6.45, 7) is -0.0192. The highest BCUT2D eigenvalue weighted by Crippen LogP contribution is 2.67.